The number of hydrogen-bond acceptors (Lipinski definition) is 5. The molecular weight excluding hydrogens is 240 g/mol. The van der Waals surface area contributed by atoms with Crippen molar-refractivity contribution in [2.45, 2.75) is 20.3 Å². The van der Waals surface area contributed by atoms with E-state index in [2.05, 4.69) is 22.2 Å². The van der Waals surface area contributed by atoms with Crippen molar-refractivity contribution >= 4 is 11.8 Å². The second-order valence-electron chi connectivity index (χ2n) is 4.08. The molecule has 1 heterocycles. The van der Waals surface area contributed by atoms with Gasteiger partial charge in [0.05, 0.1) is 0 Å². The van der Waals surface area contributed by atoms with Crippen LogP contribution in [0.1, 0.15) is 19.4 Å². The Morgan fingerprint density at radius 3 is 2.53 bits per heavy atom. The van der Waals surface area contributed by atoms with Gasteiger partial charge in [0, 0.05) is 12.6 Å². The van der Waals surface area contributed by atoms with E-state index in [4.69, 9.17) is 10.5 Å². The van der Waals surface area contributed by atoms with E-state index >= 15 is 0 Å². The van der Waals surface area contributed by atoms with Crippen LogP contribution in [0.25, 0.3) is 0 Å². The Hall–Kier alpha value is -2.30. The molecule has 0 atom stereocenters. The lowest BCUT2D eigenvalue weighted by atomic mass is 10.2. The highest BCUT2D eigenvalue weighted by Gasteiger charge is 2.04. The van der Waals surface area contributed by atoms with Crippen LogP contribution in [0.3, 0.4) is 0 Å². The first-order valence-electron chi connectivity index (χ1n) is 6.36. The van der Waals surface area contributed by atoms with E-state index < -0.39 is 0 Å². The third kappa shape index (κ3) is 3.58. The number of hydrogen-bond donors (Lipinski definition) is 2. The van der Waals surface area contributed by atoms with E-state index in [-0.39, 0.29) is 5.95 Å². The fraction of sp³-hybridized carbons (Fsp3) is 0.286. The van der Waals surface area contributed by atoms with Gasteiger partial charge in [-0.05, 0) is 31.0 Å². The van der Waals surface area contributed by atoms with Crippen molar-refractivity contribution in [2.24, 2.45) is 0 Å². The molecule has 5 heteroatoms. The number of rotatable bonds is 5. The maximum Gasteiger partial charge on any atom is 0.226 e. The third-order valence-electron chi connectivity index (χ3n) is 2.63. The summed E-state index contributed by atoms with van der Waals surface area (Å²) in [7, 11) is 0. The lowest BCUT2D eigenvalue weighted by molar-refractivity contribution is 0.463. The van der Waals surface area contributed by atoms with E-state index in [0.29, 0.717) is 11.7 Å². The van der Waals surface area contributed by atoms with E-state index in [1.165, 1.54) is 5.56 Å². The molecular formula is C14H18N4O. The van der Waals surface area contributed by atoms with Crippen molar-refractivity contribution in [1.29, 1.82) is 0 Å². The van der Waals surface area contributed by atoms with E-state index in [1.54, 1.807) is 6.07 Å². The van der Waals surface area contributed by atoms with Gasteiger partial charge in [-0.15, -0.1) is 0 Å². The van der Waals surface area contributed by atoms with Crippen molar-refractivity contribution < 1.29 is 4.74 Å². The molecule has 0 fully saturated rings. The molecule has 0 aliphatic carbocycles. The van der Waals surface area contributed by atoms with Crippen LogP contribution in [0, 0.1) is 0 Å². The molecule has 0 saturated carbocycles. The molecule has 0 bridgehead atoms. The molecule has 0 aliphatic heterocycles. The van der Waals surface area contributed by atoms with E-state index in [0.717, 1.165) is 18.7 Å². The maximum atomic E-state index is 5.67. The molecule has 0 radical (unpaired) electrons. The zero-order valence-electron chi connectivity index (χ0n) is 11.2. The van der Waals surface area contributed by atoms with Gasteiger partial charge in [0.2, 0.25) is 11.8 Å². The summed E-state index contributed by atoms with van der Waals surface area (Å²) in [6, 6.07) is 9.64. The number of nitrogen functional groups attached to an aromatic ring is 1. The van der Waals surface area contributed by atoms with Crippen molar-refractivity contribution in [3.05, 3.63) is 35.9 Å². The highest BCUT2D eigenvalue weighted by Crippen LogP contribution is 2.22. The summed E-state index contributed by atoms with van der Waals surface area (Å²) in [5.41, 5.74) is 6.91. The van der Waals surface area contributed by atoms with Crippen molar-refractivity contribution in [3.63, 3.8) is 0 Å². The molecule has 19 heavy (non-hydrogen) atoms. The van der Waals surface area contributed by atoms with Crippen LogP contribution < -0.4 is 15.8 Å². The zero-order valence-corrected chi connectivity index (χ0v) is 11.2. The minimum Gasteiger partial charge on any atom is -0.439 e. The number of benzene rings is 1. The lowest BCUT2D eigenvalue weighted by Crippen LogP contribution is -2.04. The Kier molecular flexibility index (Phi) is 4.18. The zero-order chi connectivity index (χ0) is 13.7. The van der Waals surface area contributed by atoms with Gasteiger partial charge in [-0.3, -0.25) is 0 Å². The smallest absolute Gasteiger partial charge is 0.226 e. The standard InChI is InChI=1S/C14H18N4O/c1-3-10-5-7-11(8-6-10)19-13-9-12(16-4-2)17-14(15)18-13/h5-9H,3-4H2,1-2H3,(H3,15,16,17,18). The number of ether oxygens (including phenoxy) is 1. The second kappa shape index (κ2) is 6.04. The number of aryl methyl sites for hydroxylation is 1. The second-order valence-corrected chi connectivity index (χ2v) is 4.08. The molecule has 3 N–H and O–H groups in total. The fourth-order valence-corrected chi connectivity index (χ4v) is 1.68. The van der Waals surface area contributed by atoms with Crippen LogP contribution in [0.4, 0.5) is 11.8 Å². The first kappa shape index (κ1) is 13.1. The minimum absolute atomic E-state index is 0.193. The van der Waals surface area contributed by atoms with Gasteiger partial charge in [-0.25, -0.2) is 0 Å². The topological polar surface area (TPSA) is 73.1 Å². The summed E-state index contributed by atoms with van der Waals surface area (Å²) < 4.78 is 5.67. The molecule has 0 saturated heterocycles. The van der Waals surface area contributed by atoms with Crippen LogP contribution in [0.15, 0.2) is 30.3 Å². The van der Waals surface area contributed by atoms with E-state index in [1.807, 2.05) is 31.2 Å². The number of anilines is 2. The van der Waals surface area contributed by atoms with E-state index in [9.17, 15) is 0 Å². The Morgan fingerprint density at radius 2 is 1.89 bits per heavy atom. The first-order chi connectivity index (χ1) is 9.21. The highest BCUT2D eigenvalue weighted by atomic mass is 16.5. The average Bonchev–Trinajstić information content (AvgIpc) is 2.39. The van der Waals surface area contributed by atoms with Gasteiger partial charge in [0.15, 0.2) is 0 Å². The lowest BCUT2D eigenvalue weighted by Gasteiger charge is -2.08. The minimum atomic E-state index is 0.193. The summed E-state index contributed by atoms with van der Waals surface area (Å²) >= 11 is 0. The Labute approximate surface area is 112 Å². The molecule has 1 aromatic heterocycles. The normalized spacial score (nSPS) is 10.2. The number of nitrogens with one attached hydrogen (secondary N) is 1. The summed E-state index contributed by atoms with van der Waals surface area (Å²) in [6.45, 7) is 4.87. The highest BCUT2D eigenvalue weighted by molar-refractivity contribution is 5.44. The van der Waals surface area contributed by atoms with Crippen LogP contribution >= 0.6 is 0 Å². The van der Waals surface area contributed by atoms with Crippen LogP contribution in [-0.4, -0.2) is 16.5 Å². The fourth-order valence-electron chi connectivity index (χ4n) is 1.68. The van der Waals surface area contributed by atoms with Crippen molar-refractivity contribution in [3.8, 4) is 11.6 Å². The Bertz CT molecular complexity index is 540. The van der Waals surface area contributed by atoms with Crippen LogP contribution in [0.5, 0.6) is 11.6 Å². The Balaban J connectivity index is 2.17. The largest absolute Gasteiger partial charge is 0.439 e. The number of nitrogens with zero attached hydrogens (tertiary/aromatic N) is 2. The van der Waals surface area contributed by atoms with Crippen LogP contribution in [0.2, 0.25) is 0 Å². The molecule has 0 amide bonds. The molecule has 2 rings (SSSR count). The van der Waals surface area contributed by atoms with Gasteiger partial charge in [0.25, 0.3) is 0 Å². The summed E-state index contributed by atoms with van der Waals surface area (Å²) in [5.74, 6) is 2.03. The first-order valence-corrected chi connectivity index (χ1v) is 6.36. The maximum absolute atomic E-state index is 5.67. The average molecular weight is 258 g/mol. The number of nitrogens with two attached hydrogens (primary N) is 1. The van der Waals surface area contributed by atoms with Gasteiger partial charge in [-0.1, -0.05) is 19.1 Å². The summed E-state index contributed by atoms with van der Waals surface area (Å²) in [5, 5.41) is 3.08. The van der Waals surface area contributed by atoms with Gasteiger partial charge in [0.1, 0.15) is 11.6 Å². The van der Waals surface area contributed by atoms with Crippen LogP contribution in [-0.2, 0) is 6.42 Å². The number of aromatic nitrogens is 2. The summed E-state index contributed by atoms with van der Waals surface area (Å²) in [6.07, 6.45) is 1.01. The molecule has 0 unspecified atom stereocenters. The molecule has 0 aliphatic rings. The van der Waals surface area contributed by atoms with Crippen molar-refractivity contribution in [1.82, 2.24) is 9.97 Å². The predicted octanol–water partition coefficient (Wildman–Crippen LogP) is 2.85. The van der Waals surface area contributed by atoms with Gasteiger partial charge in [-0.2, -0.15) is 9.97 Å². The molecule has 2 aromatic rings. The third-order valence-corrected chi connectivity index (χ3v) is 2.63. The molecule has 1 aromatic carbocycles. The quantitative estimate of drug-likeness (QED) is 0.862. The Morgan fingerprint density at radius 1 is 1.16 bits per heavy atom. The molecule has 5 nitrogen and oxygen atoms in total. The van der Waals surface area contributed by atoms with Crippen molar-refractivity contribution in [2.75, 3.05) is 17.6 Å². The summed E-state index contributed by atoms with van der Waals surface area (Å²) in [4.78, 5) is 8.13. The molecule has 0 spiro atoms. The molecule has 100 valence electrons. The SMILES string of the molecule is CCNc1cc(Oc2ccc(CC)cc2)nc(N)n1. The van der Waals surface area contributed by atoms with Gasteiger partial charge >= 0.3 is 0 Å². The van der Waals surface area contributed by atoms with Gasteiger partial charge < -0.3 is 15.8 Å². The predicted molar refractivity (Wildman–Crippen MR) is 76.5 cm³/mol. The monoisotopic (exact) mass is 258 g/mol.